The van der Waals surface area contributed by atoms with E-state index >= 15 is 4.39 Å². The van der Waals surface area contributed by atoms with Crippen LogP contribution in [-0.4, -0.2) is 43.7 Å². The zero-order valence-corrected chi connectivity index (χ0v) is 25.4. The molecular formula is C32H42FN3O4S. The lowest BCUT2D eigenvalue weighted by Crippen LogP contribution is -2.40. The molecule has 0 spiro atoms. The summed E-state index contributed by atoms with van der Waals surface area (Å²) in [6, 6.07) is 9.87. The summed E-state index contributed by atoms with van der Waals surface area (Å²) in [5.41, 5.74) is 2.24. The number of carbonyl (C=O) groups is 1. The Morgan fingerprint density at radius 3 is 2.44 bits per heavy atom. The highest BCUT2D eigenvalue weighted by Gasteiger charge is 2.29. The van der Waals surface area contributed by atoms with E-state index in [1.165, 1.54) is 31.4 Å². The van der Waals surface area contributed by atoms with E-state index in [0.717, 1.165) is 43.6 Å². The van der Waals surface area contributed by atoms with Gasteiger partial charge in [-0.2, -0.15) is 0 Å². The molecule has 41 heavy (non-hydrogen) atoms. The Morgan fingerprint density at radius 2 is 1.76 bits per heavy atom. The molecule has 0 radical (unpaired) electrons. The summed E-state index contributed by atoms with van der Waals surface area (Å²) in [4.78, 5) is 13.5. The third kappa shape index (κ3) is 6.52. The standard InChI is InChI=1S/C32H42FN3O4S/c1-21-26(31(37)34-23-15-17-40-18-16-23)19-28(36(21)20-22-9-6-5-7-10-22)24-13-14-29(41(38,39)35-32(2,3)4)30-25(24)11-8-12-27(30)33/h8,11-14,19,22-23,35H,5-7,9-10,15-18,20H2,1-4H3,(H,34,37). The van der Waals surface area contributed by atoms with E-state index in [-0.39, 0.29) is 22.2 Å². The van der Waals surface area contributed by atoms with E-state index in [4.69, 9.17) is 4.74 Å². The van der Waals surface area contributed by atoms with Gasteiger partial charge in [0.1, 0.15) is 5.82 Å². The number of ether oxygens (including phenoxy) is 1. The van der Waals surface area contributed by atoms with Crippen LogP contribution in [0.25, 0.3) is 22.0 Å². The lowest BCUT2D eigenvalue weighted by atomic mass is 9.89. The highest BCUT2D eigenvalue weighted by Crippen LogP contribution is 2.38. The number of nitrogens with one attached hydrogen (secondary N) is 2. The molecule has 5 rings (SSSR count). The number of aromatic nitrogens is 1. The van der Waals surface area contributed by atoms with Crippen LogP contribution in [0, 0.1) is 18.7 Å². The Hall–Kier alpha value is -2.75. The molecule has 0 bridgehead atoms. The smallest absolute Gasteiger partial charge is 0.253 e. The second-order valence-electron chi connectivity index (χ2n) is 12.6. The van der Waals surface area contributed by atoms with E-state index in [1.54, 1.807) is 39.0 Å². The number of nitrogens with zero attached hydrogens (tertiary/aromatic N) is 1. The maximum atomic E-state index is 15.5. The van der Waals surface area contributed by atoms with Crippen molar-refractivity contribution >= 4 is 26.7 Å². The summed E-state index contributed by atoms with van der Waals surface area (Å²) in [6.45, 7) is 9.26. The quantitative estimate of drug-likeness (QED) is 0.341. The number of fused-ring (bicyclic) bond motifs is 1. The third-order valence-corrected chi connectivity index (χ3v) is 10.1. The summed E-state index contributed by atoms with van der Waals surface area (Å²) in [5, 5.41) is 3.74. The maximum absolute atomic E-state index is 15.5. The molecule has 2 N–H and O–H groups in total. The average Bonchev–Trinajstić information content (AvgIpc) is 3.23. The Bertz CT molecular complexity index is 1530. The molecular weight excluding hydrogens is 541 g/mol. The van der Waals surface area contributed by atoms with Crippen LogP contribution in [0.5, 0.6) is 0 Å². The molecule has 1 amide bonds. The zero-order valence-electron chi connectivity index (χ0n) is 24.6. The molecule has 2 heterocycles. The SMILES string of the molecule is Cc1c(C(=O)NC2CCOCC2)cc(-c2ccc(S(=O)(=O)NC(C)(C)C)c3c(F)cccc23)n1CC1CCCCC1. The second-order valence-corrected chi connectivity index (χ2v) is 14.3. The predicted molar refractivity (Wildman–Crippen MR) is 160 cm³/mol. The molecule has 2 aliphatic rings. The summed E-state index contributed by atoms with van der Waals surface area (Å²) in [6.07, 6.45) is 7.45. The van der Waals surface area contributed by atoms with Crippen molar-refractivity contribution < 1.29 is 22.3 Å². The molecule has 1 aliphatic carbocycles. The van der Waals surface area contributed by atoms with E-state index < -0.39 is 21.4 Å². The van der Waals surface area contributed by atoms with Gasteiger partial charge in [-0.25, -0.2) is 17.5 Å². The molecule has 2 aromatic carbocycles. The first-order valence-electron chi connectivity index (χ1n) is 14.8. The number of sulfonamides is 1. The molecule has 1 aromatic heterocycles. The number of hydrogen-bond donors (Lipinski definition) is 2. The van der Waals surface area contributed by atoms with Gasteiger partial charge in [-0.3, -0.25) is 4.79 Å². The van der Waals surface area contributed by atoms with Gasteiger partial charge in [0.15, 0.2) is 0 Å². The van der Waals surface area contributed by atoms with E-state index in [1.807, 2.05) is 13.0 Å². The van der Waals surface area contributed by atoms with Crippen molar-refractivity contribution in [1.82, 2.24) is 14.6 Å². The van der Waals surface area contributed by atoms with Crippen LogP contribution in [0.15, 0.2) is 41.3 Å². The van der Waals surface area contributed by atoms with Crippen LogP contribution < -0.4 is 10.0 Å². The lowest BCUT2D eigenvalue weighted by molar-refractivity contribution is 0.0696. The highest BCUT2D eigenvalue weighted by atomic mass is 32.2. The third-order valence-electron chi connectivity index (χ3n) is 8.29. The van der Waals surface area contributed by atoms with Crippen LogP contribution in [-0.2, 0) is 21.3 Å². The Morgan fingerprint density at radius 1 is 1.05 bits per heavy atom. The van der Waals surface area contributed by atoms with Crippen molar-refractivity contribution in [3.8, 4) is 11.3 Å². The monoisotopic (exact) mass is 583 g/mol. The minimum Gasteiger partial charge on any atom is -0.381 e. The van der Waals surface area contributed by atoms with Gasteiger partial charge in [0.25, 0.3) is 5.91 Å². The number of hydrogen-bond acceptors (Lipinski definition) is 4. The van der Waals surface area contributed by atoms with Crippen LogP contribution in [0.3, 0.4) is 0 Å². The van der Waals surface area contributed by atoms with Gasteiger partial charge in [-0.05, 0) is 82.9 Å². The number of carbonyl (C=O) groups excluding carboxylic acids is 1. The van der Waals surface area contributed by atoms with Gasteiger partial charge in [0.2, 0.25) is 10.0 Å². The first kappa shape index (κ1) is 29.7. The van der Waals surface area contributed by atoms with Gasteiger partial charge in [-0.1, -0.05) is 37.5 Å². The first-order valence-corrected chi connectivity index (χ1v) is 16.3. The van der Waals surface area contributed by atoms with Crippen molar-refractivity contribution in [2.24, 2.45) is 5.92 Å². The Balaban J connectivity index is 1.64. The van der Waals surface area contributed by atoms with Crippen molar-refractivity contribution in [2.45, 2.75) is 95.7 Å². The Kier molecular flexibility index (Phi) is 8.60. The largest absolute Gasteiger partial charge is 0.381 e. The lowest BCUT2D eigenvalue weighted by Gasteiger charge is -2.25. The van der Waals surface area contributed by atoms with Gasteiger partial charge in [-0.15, -0.1) is 0 Å². The van der Waals surface area contributed by atoms with E-state index in [9.17, 15) is 13.2 Å². The summed E-state index contributed by atoms with van der Waals surface area (Å²) in [5.74, 6) is -0.237. The fourth-order valence-electron chi connectivity index (χ4n) is 6.30. The topological polar surface area (TPSA) is 89.4 Å². The maximum Gasteiger partial charge on any atom is 0.253 e. The molecule has 0 unspecified atom stereocenters. The van der Waals surface area contributed by atoms with Crippen molar-refractivity contribution in [2.75, 3.05) is 13.2 Å². The zero-order chi connectivity index (χ0) is 29.4. The molecule has 0 atom stereocenters. The molecule has 222 valence electrons. The Labute approximate surface area is 242 Å². The summed E-state index contributed by atoms with van der Waals surface area (Å²) in [7, 11) is -4.00. The van der Waals surface area contributed by atoms with Gasteiger partial charge >= 0.3 is 0 Å². The van der Waals surface area contributed by atoms with E-state index in [2.05, 4.69) is 14.6 Å². The molecule has 2 fully saturated rings. The number of amides is 1. The molecule has 3 aromatic rings. The number of benzene rings is 2. The van der Waals surface area contributed by atoms with Crippen molar-refractivity contribution in [3.05, 3.63) is 53.5 Å². The fourth-order valence-corrected chi connectivity index (χ4v) is 7.94. The molecule has 7 nitrogen and oxygen atoms in total. The summed E-state index contributed by atoms with van der Waals surface area (Å²) < 4.78 is 52.6. The second kappa shape index (κ2) is 11.9. The van der Waals surface area contributed by atoms with Gasteiger partial charge in [0.05, 0.1) is 10.5 Å². The minimum atomic E-state index is -4.00. The number of halogens is 1. The highest BCUT2D eigenvalue weighted by molar-refractivity contribution is 7.89. The van der Waals surface area contributed by atoms with Crippen LogP contribution in [0.1, 0.15) is 81.8 Å². The predicted octanol–water partition coefficient (Wildman–Crippen LogP) is 6.32. The summed E-state index contributed by atoms with van der Waals surface area (Å²) >= 11 is 0. The van der Waals surface area contributed by atoms with E-state index in [0.29, 0.717) is 35.6 Å². The molecule has 1 aliphatic heterocycles. The molecule has 1 saturated heterocycles. The van der Waals surface area contributed by atoms with Crippen LogP contribution in [0.2, 0.25) is 0 Å². The number of rotatable bonds is 7. The average molecular weight is 584 g/mol. The van der Waals surface area contributed by atoms with Gasteiger partial charge < -0.3 is 14.6 Å². The molecule has 1 saturated carbocycles. The minimum absolute atomic E-state index is 0.0537. The van der Waals surface area contributed by atoms with Crippen LogP contribution in [0.4, 0.5) is 4.39 Å². The van der Waals surface area contributed by atoms with Gasteiger partial charge in [0, 0.05) is 53.7 Å². The van der Waals surface area contributed by atoms with Crippen molar-refractivity contribution in [1.29, 1.82) is 0 Å². The molecule has 9 heteroatoms. The van der Waals surface area contributed by atoms with Crippen molar-refractivity contribution in [3.63, 3.8) is 0 Å². The normalized spacial score (nSPS) is 17.7. The first-order chi connectivity index (χ1) is 19.4. The fraction of sp³-hybridized carbons (Fsp3) is 0.531. The van der Waals surface area contributed by atoms with Crippen LogP contribution >= 0.6 is 0 Å².